The van der Waals surface area contributed by atoms with Gasteiger partial charge in [-0.3, -0.25) is 4.79 Å². The zero-order valence-electron chi connectivity index (χ0n) is 10.5. The van der Waals surface area contributed by atoms with Crippen LogP contribution in [0.5, 0.6) is 0 Å². The quantitative estimate of drug-likeness (QED) is 0.876. The molecule has 1 aromatic rings. The summed E-state index contributed by atoms with van der Waals surface area (Å²) in [6.45, 7) is 0.805. The molecular weight excluding hydrogens is 246 g/mol. The van der Waals surface area contributed by atoms with E-state index in [9.17, 15) is 9.90 Å². The molecule has 1 fully saturated rings. The van der Waals surface area contributed by atoms with E-state index in [0.29, 0.717) is 6.54 Å². The molecule has 0 bridgehead atoms. The van der Waals surface area contributed by atoms with Gasteiger partial charge in [0.15, 0.2) is 0 Å². The summed E-state index contributed by atoms with van der Waals surface area (Å²) < 4.78 is 0. The van der Waals surface area contributed by atoms with Gasteiger partial charge in [-0.2, -0.15) is 0 Å². The second-order valence-corrected chi connectivity index (χ2v) is 6.74. The third-order valence-corrected chi connectivity index (χ3v) is 5.37. The summed E-state index contributed by atoms with van der Waals surface area (Å²) in [5, 5.41) is 12.2. The van der Waals surface area contributed by atoms with Crippen LogP contribution in [-0.2, 0) is 12.8 Å². The van der Waals surface area contributed by atoms with Crippen LogP contribution >= 0.6 is 11.3 Å². The lowest BCUT2D eigenvalue weighted by atomic mass is 9.99. The van der Waals surface area contributed by atoms with Gasteiger partial charge >= 0.3 is 0 Å². The Morgan fingerprint density at radius 1 is 1.39 bits per heavy atom. The summed E-state index contributed by atoms with van der Waals surface area (Å²) in [6, 6.07) is 2.06. The maximum atomic E-state index is 12.1. The van der Waals surface area contributed by atoms with Crippen molar-refractivity contribution in [1.82, 2.24) is 5.32 Å². The molecule has 2 aliphatic carbocycles. The molecule has 1 amide bonds. The van der Waals surface area contributed by atoms with E-state index in [0.717, 1.165) is 30.6 Å². The Bertz CT molecular complexity index is 439. The van der Waals surface area contributed by atoms with E-state index >= 15 is 0 Å². The van der Waals surface area contributed by atoms with E-state index < -0.39 is 0 Å². The molecular formula is C14H19NO2S. The highest BCUT2D eigenvalue weighted by Gasteiger charge is 2.42. The number of aryl methyl sites for hydroxylation is 2. The van der Waals surface area contributed by atoms with Crippen molar-refractivity contribution in [2.45, 2.75) is 38.5 Å². The number of aliphatic hydroxyl groups excluding tert-OH is 1. The van der Waals surface area contributed by atoms with Gasteiger partial charge < -0.3 is 10.4 Å². The van der Waals surface area contributed by atoms with Crippen LogP contribution in [0.25, 0.3) is 0 Å². The lowest BCUT2D eigenvalue weighted by Crippen LogP contribution is -2.31. The Kier molecular flexibility index (Phi) is 3.16. The summed E-state index contributed by atoms with van der Waals surface area (Å²) in [4.78, 5) is 14.3. The van der Waals surface area contributed by atoms with Gasteiger partial charge in [0, 0.05) is 16.8 Å². The molecule has 18 heavy (non-hydrogen) atoms. The molecule has 2 N–H and O–H groups in total. The Hall–Kier alpha value is -0.870. The molecule has 2 aliphatic rings. The summed E-state index contributed by atoms with van der Waals surface area (Å²) in [5.41, 5.74) is 1.37. The predicted molar refractivity (Wildman–Crippen MR) is 72.0 cm³/mol. The highest BCUT2D eigenvalue weighted by molar-refractivity contribution is 7.14. The van der Waals surface area contributed by atoms with Crippen molar-refractivity contribution in [3.8, 4) is 0 Å². The van der Waals surface area contributed by atoms with Gasteiger partial charge in [-0.05, 0) is 50.2 Å². The van der Waals surface area contributed by atoms with Crippen LogP contribution in [0.1, 0.15) is 45.8 Å². The fourth-order valence-corrected chi connectivity index (χ4v) is 3.70. The zero-order chi connectivity index (χ0) is 12.6. The van der Waals surface area contributed by atoms with Crippen LogP contribution in [-0.4, -0.2) is 24.2 Å². The second-order valence-electron chi connectivity index (χ2n) is 5.61. The molecule has 0 aromatic carbocycles. The number of carbonyl (C=O) groups excluding carboxylic acids is 1. The third-order valence-electron chi connectivity index (χ3n) is 4.14. The number of fused-ring (bicyclic) bond motifs is 1. The SMILES string of the molecule is O=C(NCC1(CO)CC1)c1cc2c(s1)CCCC2. The van der Waals surface area contributed by atoms with Crippen LogP contribution in [0.3, 0.4) is 0 Å². The maximum Gasteiger partial charge on any atom is 0.261 e. The molecule has 98 valence electrons. The van der Waals surface area contributed by atoms with Crippen LogP contribution < -0.4 is 5.32 Å². The van der Waals surface area contributed by atoms with Crippen LogP contribution in [0, 0.1) is 5.41 Å². The molecule has 3 rings (SSSR count). The van der Waals surface area contributed by atoms with Gasteiger partial charge in [-0.15, -0.1) is 11.3 Å². The van der Waals surface area contributed by atoms with E-state index in [1.54, 1.807) is 11.3 Å². The normalized spacial score (nSPS) is 20.3. The minimum absolute atomic E-state index is 0.00740. The Morgan fingerprint density at radius 2 is 2.17 bits per heavy atom. The molecule has 0 unspecified atom stereocenters. The Labute approximate surface area is 111 Å². The highest BCUT2D eigenvalue weighted by atomic mass is 32.1. The summed E-state index contributed by atoms with van der Waals surface area (Å²) in [5.74, 6) is 0.0362. The van der Waals surface area contributed by atoms with Crippen molar-refractivity contribution >= 4 is 17.2 Å². The predicted octanol–water partition coefficient (Wildman–Crippen LogP) is 2.13. The van der Waals surface area contributed by atoms with Crippen molar-refractivity contribution < 1.29 is 9.90 Å². The van der Waals surface area contributed by atoms with Gasteiger partial charge in [-0.1, -0.05) is 0 Å². The fraction of sp³-hybridized carbons (Fsp3) is 0.643. The number of nitrogens with one attached hydrogen (secondary N) is 1. The molecule has 0 aliphatic heterocycles. The van der Waals surface area contributed by atoms with E-state index in [1.165, 1.54) is 23.3 Å². The molecule has 0 spiro atoms. The maximum absolute atomic E-state index is 12.1. The van der Waals surface area contributed by atoms with Crippen molar-refractivity contribution in [2.75, 3.05) is 13.2 Å². The first-order chi connectivity index (χ1) is 8.72. The Morgan fingerprint density at radius 3 is 2.83 bits per heavy atom. The molecule has 0 atom stereocenters. The van der Waals surface area contributed by atoms with Gasteiger partial charge in [0.05, 0.1) is 11.5 Å². The monoisotopic (exact) mass is 265 g/mol. The first kappa shape index (κ1) is 12.2. The number of thiophene rings is 1. The largest absolute Gasteiger partial charge is 0.396 e. The molecule has 1 aromatic heterocycles. The average Bonchev–Trinajstić information content (AvgIpc) is 3.05. The van der Waals surface area contributed by atoms with Gasteiger partial charge in [0.25, 0.3) is 5.91 Å². The van der Waals surface area contributed by atoms with Crippen LogP contribution in [0.15, 0.2) is 6.07 Å². The number of rotatable bonds is 4. The molecule has 0 radical (unpaired) electrons. The van der Waals surface area contributed by atoms with E-state index in [-0.39, 0.29) is 17.9 Å². The van der Waals surface area contributed by atoms with E-state index in [1.807, 2.05) is 0 Å². The number of amides is 1. The highest BCUT2D eigenvalue weighted by Crippen LogP contribution is 2.44. The second kappa shape index (κ2) is 4.67. The first-order valence-corrected chi connectivity index (χ1v) is 7.55. The molecule has 1 saturated carbocycles. The number of hydrogen-bond acceptors (Lipinski definition) is 3. The molecule has 4 heteroatoms. The number of carbonyl (C=O) groups is 1. The number of aliphatic hydroxyl groups is 1. The Balaban J connectivity index is 1.63. The number of hydrogen-bond donors (Lipinski definition) is 2. The smallest absolute Gasteiger partial charge is 0.261 e. The molecule has 3 nitrogen and oxygen atoms in total. The van der Waals surface area contributed by atoms with Crippen molar-refractivity contribution in [3.05, 3.63) is 21.4 Å². The topological polar surface area (TPSA) is 49.3 Å². The summed E-state index contributed by atoms with van der Waals surface area (Å²) in [6.07, 6.45) is 6.82. The standard InChI is InChI=1S/C14H19NO2S/c16-9-14(5-6-14)8-15-13(17)12-7-10-3-1-2-4-11(10)18-12/h7,16H,1-6,8-9H2,(H,15,17). The van der Waals surface area contributed by atoms with Crippen molar-refractivity contribution in [1.29, 1.82) is 0 Å². The van der Waals surface area contributed by atoms with Gasteiger partial charge in [-0.25, -0.2) is 0 Å². The van der Waals surface area contributed by atoms with Crippen molar-refractivity contribution in [3.63, 3.8) is 0 Å². The molecule has 0 saturated heterocycles. The van der Waals surface area contributed by atoms with Gasteiger partial charge in [0.1, 0.15) is 0 Å². The van der Waals surface area contributed by atoms with E-state index in [4.69, 9.17) is 0 Å². The van der Waals surface area contributed by atoms with Gasteiger partial charge in [0.2, 0.25) is 0 Å². The third kappa shape index (κ3) is 2.31. The lowest BCUT2D eigenvalue weighted by molar-refractivity contribution is 0.0939. The minimum atomic E-state index is -0.00740. The molecule has 1 heterocycles. The first-order valence-electron chi connectivity index (χ1n) is 6.73. The lowest BCUT2D eigenvalue weighted by Gasteiger charge is -2.11. The van der Waals surface area contributed by atoms with Crippen LogP contribution in [0.4, 0.5) is 0 Å². The average molecular weight is 265 g/mol. The minimum Gasteiger partial charge on any atom is -0.396 e. The summed E-state index contributed by atoms with van der Waals surface area (Å²) >= 11 is 1.65. The summed E-state index contributed by atoms with van der Waals surface area (Å²) in [7, 11) is 0. The van der Waals surface area contributed by atoms with Crippen LogP contribution in [0.2, 0.25) is 0 Å². The zero-order valence-corrected chi connectivity index (χ0v) is 11.3. The van der Waals surface area contributed by atoms with E-state index in [2.05, 4.69) is 11.4 Å². The van der Waals surface area contributed by atoms with Crippen molar-refractivity contribution in [2.24, 2.45) is 5.41 Å². The fourth-order valence-electron chi connectivity index (χ4n) is 2.53.